The summed E-state index contributed by atoms with van der Waals surface area (Å²) in [6, 6.07) is 12.4. The van der Waals surface area contributed by atoms with E-state index in [4.69, 9.17) is 0 Å². The van der Waals surface area contributed by atoms with Crippen molar-refractivity contribution in [3.8, 4) is 0 Å². The maximum Gasteiger partial charge on any atom is 0.258 e. The Hall–Kier alpha value is -1.98. The maximum absolute atomic E-state index is 12.5. The summed E-state index contributed by atoms with van der Waals surface area (Å²) in [5.74, 6) is 0.0818. The van der Waals surface area contributed by atoms with Gasteiger partial charge in [0.15, 0.2) is 5.03 Å². The SMILES string of the molecule is C[C@H]1C=Cc2ccccc2[C@@H]1NS(=O)(=O)c1ccccn1. The van der Waals surface area contributed by atoms with Crippen LogP contribution < -0.4 is 4.72 Å². The first-order valence-electron chi connectivity index (χ1n) is 6.78. The molecule has 0 unspecified atom stereocenters. The van der Waals surface area contributed by atoms with Crippen LogP contribution in [0.1, 0.15) is 24.1 Å². The number of nitrogens with one attached hydrogen (secondary N) is 1. The summed E-state index contributed by atoms with van der Waals surface area (Å²) in [7, 11) is -3.63. The summed E-state index contributed by atoms with van der Waals surface area (Å²) in [5.41, 5.74) is 2.04. The molecule has 1 aliphatic rings. The fourth-order valence-corrected chi connectivity index (χ4v) is 3.75. The Morgan fingerprint density at radius 2 is 1.86 bits per heavy atom. The standard InChI is InChI=1S/C16H16N2O2S/c1-12-9-10-13-6-2-3-7-14(13)16(12)18-21(19,20)15-8-4-5-11-17-15/h2-12,16,18H,1H3/t12-,16+/m0/s1. The number of hydrogen-bond donors (Lipinski definition) is 1. The van der Waals surface area contributed by atoms with E-state index < -0.39 is 10.0 Å². The summed E-state index contributed by atoms with van der Waals surface area (Å²) in [6.07, 6.45) is 5.53. The second-order valence-electron chi connectivity index (χ2n) is 5.11. The summed E-state index contributed by atoms with van der Waals surface area (Å²) in [6.45, 7) is 2.00. The van der Waals surface area contributed by atoms with Crippen LogP contribution >= 0.6 is 0 Å². The van der Waals surface area contributed by atoms with E-state index >= 15 is 0 Å². The van der Waals surface area contributed by atoms with Crippen LogP contribution in [0.15, 0.2) is 59.8 Å². The van der Waals surface area contributed by atoms with E-state index in [0.29, 0.717) is 0 Å². The van der Waals surface area contributed by atoms with Gasteiger partial charge < -0.3 is 0 Å². The monoisotopic (exact) mass is 300 g/mol. The Labute approximate surface area is 124 Å². The molecule has 4 nitrogen and oxygen atoms in total. The van der Waals surface area contributed by atoms with Crippen LogP contribution in [0.5, 0.6) is 0 Å². The summed E-state index contributed by atoms with van der Waals surface area (Å²) >= 11 is 0. The summed E-state index contributed by atoms with van der Waals surface area (Å²) < 4.78 is 27.7. The van der Waals surface area contributed by atoms with Gasteiger partial charge in [-0.15, -0.1) is 0 Å². The molecule has 0 saturated carbocycles. The fraction of sp³-hybridized carbons (Fsp3) is 0.188. The quantitative estimate of drug-likeness (QED) is 0.948. The van der Waals surface area contributed by atoms with Gasteiger partial charge in [-0.2, -0.15) is 0 Å². The lowest BCUT2D eigenvalue weighted by Gasteiger charge is -2.27. The molecule has 0 fully saturated rings. The normalized spacial score (nSPS) is 21.0. The van der Waals surface area contributed by atoms with E-state index in [2.05, 4.69) is 9.71 Å². The maximum atomic E-state index is 12.5. The van der Waals surface area contributed by atoms with Crippen molar-refractivity contribution in [2.24, 2.45) is 5.92 Å². The van der Waals surface area contributed by atoms with Gasteiger partial charge in [0.25, 0.3) is 10.0 Å². The van der Waals surface area contributed by atoms with Crippen molar-refractivity contribution in [1.29, 1.82) is 0 Å². The lowest BCUT2D eigenvalue weighted by Crippen LogP contribution is -2.34. The highest BCUT2D eigenvalue weighted by Crippen LogP contribution is 2.32. The molecule has 1 heterocycles. The lowest BCUT2D eigenvalue weighted by atomic mass is 9.86. The molecule has 1 aromatic carbocycles. The number of rotatable bonds is 3. The lowest BCUT2D eigenvalue weighted by molar-refractivity contribution is 0.492. The molecule has 0 spiro atoms. The van der Waals surface area contributed by atoms with Gasteiger partial charge in [0.2, 0.25) is 0 Å². The second-order valence-corrected chi connectivity index (χ2v) is 6.77. The van der Waals surface area contributed by atoms with Crippen molar-refractivity contribution in [3.63, 3.8) is 0 Å². The van der Waals surface area contributed by atoms with E-state index in [1.165, 1.54) is 12.3 Å². The van der Waals surface area contributed by atoms with Crippen molar-refractivity contribution in [2.45, 2.75) is 18.0 Å². The minimum absolute atomic E-state index is 0.0456. The molecular formula is C16H16N2O2S. The number of aromatic nitrogens is 1. The van der Waals surface area contributed by atoms with E-state index in [1.807, 2.05) is 43.3 Å². The van der Waals surface area contributed by atoms with Crippen LogP contribution in [0.4, 0.5) is 0 Å². The van der Waals surface area contributed by atoms with Gasteiger partial charge in [-0.3, -0.25) is 0 Å². The van der Waals surface area contributed by atoms with E-state index in [1.54, 1.807) is 12.1 Å². The zero-order chi connectivity index (χ0) is 14.9. The third-order valence-corrected chi connectivity index (χ3v) is 4.99. The molecule has 2 aromatic rings. The molecule has 1 aliphatic carbocycles. The highest BCUT2D eigenvalue weighted by Gasteiger charge is 2.28. The molecule has 3 rings (SSSR count). The van der Waals surface area contributed by atoms with Crippen LogP contribution in [0.25, 0.3) is 6.08 Å². The van der Waals surface area contributed by atoms with Crippen molar-refractivity contribution < 1.29 is 8.42 Å². The van der Waals surface area contributed by atoms with Gasteiger partial charge >= 0.3 is 0 Å². The average molecular weight is 300 g/mol. The predicted molar refractivity (Wildman–Crippen MR) is 81.9 cm³/mol. The molecule has 0 amide bonds. The number of nitrogens with zero attached hydrogens (tertiary/aromatic N) is 1. The summed E-state index contributed by atoms with van der Waals surface area (Å²) in [5, 5.41) is 0.0456. The predicted octanol–water partition coefficient (Wildman–Crippen LogP) is 2.76. The Kier molecular flexibility index (Phi) is 3.61. The first kappa shape index (κ1) is 14.0. The average Bonchev–Trinajstić information content (AvgIpc) is 2.51. The summed E-state index contributed by atoms with van der Waals surface area (Å²) in [4.78, 5) is 3.93. The van der Waals surface area contributed by atoms with Gasteiger partial charge in [-0.05, 0) is 29.2 Å². The Balaban J connectivity index is 1.96. The fourth-order valence-electron chi connectivity index (χ4n) is 2.50. The van der Waals surface area contributed by atoms with Gasteiger partial charge in [0.05, 0.1) is 6.04 Å². The first-order valence-corrected chi connectivity index (χ1v) is 8.27. The minimum Gasteiger partial charge on any atom is -0.243 e. The Bertz CT molecular complexity index is 770. The van der Waals surface area contributed by atoms with Gasteiger partial charge in [0, 0.05) is 6.20 Å². The third kappa shape index (κ3) is 2.75. The molecular weight excluding hydrogens is 284 g/mol. The van der Waals surface area contributed by atoms with E-state index in [0.717, 1.165) is 11.1 Å². The molecule has 5 heteroatoms. The van der Waals surface area contributed by atoms with Crippen LogP contribution in [-0.2, 0) is 10.0 Å². The zero-order valence-corrected chi connectivity index (χ0v) is 12.4. The molecule has 0 aliphatic heterocycles. The largest absolute Gasteiger partial charge is 0.258 e. The second kappa shape index (κ2) is 5.42. The molecule has 108 valence electrons. The van der Waals surface area contributed by atoms with E-state index in [-0.39, 0.29) is 17.0 Å². The first-order chi connectivity index (χ1) is 10.1. The molecule has 0 radical (unpaired) electrons. The number of fused-ring (bicyclic) bond motifs is 1. The molecule has 2 atom stereocenters. The minimum atomic E-state index is -3.63. The van der Waals surface area contributed by atoms with Crippen LogP contribution in [0.3, 0.4) is 0 Å². The van der Waals surface area contributed by atoms with Gasteiger partial charge in [-0.25, -0.2) is 18.1 Å². The van der Waals surface area contributed by atoms with Crippen LogP contribution in [0.2, 0.25) is 0 Å². The molecule has 21 heavy (non-hydrogen) atoms. The Morgan fingerprint density at radius 1 is 1.10 bits per heavy atom. The highest BCUT2D eigenvalue weighted by atomic mass is 32.2. The van der Waals surface area contributed by atoms with Crippen LogP contribution in [-0.4, -0.2) is 13.4 Å². The topological polar surface area (TPSA) is 59.1 Å². The van der Waals surface area contributed by atoms with Crippen molar-refractivity contribution in [3.05, 3.63) is 65.9 Å². The number of pyridine rings is 1. The number of sulfonamides is 1. The zero-order valence-electron chi connectivity index (χ0n) is 11.6. The number of hydrogen-bond acceptors (Lipinski definition) is 3. The van der Waals surface area contributed by atoms with Gasteiger partial charge in [0.1, 0.15) is 0 Å². The molecule has 1 aromatic heterocycles. The van der Waals surface area contributed by atoms with Crippen LogP contribution in [0, 0.1) is 5.92 Å². The molecule has 0 saturated heterocycles. The molecule has 0 bridgehead atoms. The van der Waals surface area contributed by atoms with Crippen molar-refractivity contribution >= 4 is 16.1 Å². The van der Waals surface area contributed by atoms with Crippen molar-refractivity contribution in [2.75, 3.05) is 0 Å². The van der Waals surface area contributed by atoms with Gasteiger partial charge in [-0.1, -0.05) is 49.4 Å². The Morgan fingerprint density at radius 3 is 2.62 bits per heavy atom. The highest BCUT2D eigenvalue weighted by molar-refractivity contribution is 7.89. The smallest absolute Gasteiger partial charge is 0.243 e. The number of benzene rings is 1. The molecule has 1 N–H and O–H groups in total. The van der Waals surface area contributed by atoms with E-state index in [9.17, 15) is 8.42 Å². The third-order valence-electron chi connectivity index (χ3n) is 3.63. The van der Waals surface area contributed by atoms with Crippen molar-refractivity contribution in [1.82, 2.24) is 9.71 Å².